The lowest BCUT2D eigenvalue weighted by molar-refractivity contribution is -0.144. The van der Waals surface area contributed by atoms with Crippen LogP contribution in [-0.2, 0) is 23.8 Å². The lowest BCUT2D eigenvalue weighted by Gasteiger charge is -2.03. The second-order valence-electron chi connectivity index (χ2n) is 6.96. The first-order chi connectivity index (χ1) is 15.0. The second kappa shape index (κ2) is 34.0. The van der Waals surface area contributed by atoms with E-state index in [4.69, 9.17) is 19.3 Å². The summed E-state index contributed by atoms with van der Waals surface area (Å²) >= 11 is 3.29. The van der Waals surface area contributed by atoms with Crippen LogP contribution in [-0.4, -0.2) is 55.4 Å². The van der Waals surface area contributed by atoms with E-state index < -0.39 is 0 Å². The Balaban J connectivity index is -0.000000421. The highest BCUT2D eigenvalue weighted by atomic mass is 79.9. The van der Waals surface area contributed by atoms with E-state index in [1.54, 1.807) is 0 Å². The highest BCUT2D eigenvalue weighted by Gasteiger charge is 2.00. The van der Waals surface area contributed by atoms with Crippen LogP contribution in [0.15, 0.2) is 0 Å². The van der Waals surface area contributed by atoms with Gasteiger partial charge in [0.25, 0.3) is 0 Å². The minimum absolute atomic E-state index is 0.0801. The van der Waals surface area contributed by atoms with Gasteiger partial charge in [-0.2, -0.15) is 0 Å². The van der Waals surface area contributed by atoms with E-state index in [2.05, 4.69) is 29.8 Å². The van der Waals surface area contributed by atoms with Gasteiger partial charge in [0.15, 0.2) is 0 Å². The van der Waals surface area contributed by atoms with Gasteiger partial charge >= 0.3 is 11.9 Å². The molecule has 0 fully saturated rings. The van der Waals surface area contributed by atoms with Gasteiger partial charge in [-0.15, -0.1) is 0 Å². The van der Waals surface area contributed by atoms with Gasteiger partial charge in [0.1, 0.15) is 0 Å². The Morgan fingerprint density at radius 1 is 0.677 bits per heavy atom. The molecule has 0 aromatic carbocycles. The van der Waals surface area contributed by atoms with E-state index in [9.17, 15) is 9.59 Å². The van der Waals surface area contributed by atoms with Crippen LogP contribution in [0.4, 0.5) is 0 Å². The third-order valence-electron chi connectivity index (χ3n) is 3.95. The van der Waals surface area contributed by atoms with Crippen molar-refractivity contribution in [1.82, 2.24) is 0 Å². The standard InChI is InChI=1S/C12H24O3.C7H13BrO2.C5H12O/c1-3-5-7-10-14-11-8-6-9-12(13)15-4-2;1-2-10-7(9)5-3-4-6-8;1-2-3-4-5-6/h3-11H2,1-2H3;2-6H2,1H3;6H,2-5H2,1H3. The SMILES string of the molecule is CCCCCO.CCCCCOCCCCC(=O)OCC.CCOC(=O)CCCCBr. The maximum Gasteiger partial charge on any atom is 0.305 e. The van der Waals surface area contributed by atoms with Crippen LogP contribution >= 0.6 is 15.9 Å². The number of aliphatic hydroxyl groups excluding tert-OH is 1. The molecule has 31 heavy (non-hydrogen) atoms. The molecule has 0 aliphatic rings. The van der Waals surface area contributed by atoms with Crippen molar-refractivity contribution in [2.24, 2.45) is 0 Å². The lowest BCUT2D eigenvalue weighted by Crippen LogP contribution is -2.04. The van der Waals surface area contributed by atoms with Crippen molar-refractivity contribution in [3.05, 3.63) is 0 Å². The normalized spacial score (nSPS) is 9.74. The number of ether oxygens (including phenoxy) is 3. The zero-order chi connectivity index (χ0) is 24.0. The molecule has 7 heteroatoms. The quantitative estimate of drug-likeness (QED) is 0.133. The molecular weight excluding hydrogens is 464 g/mol. The lowest BCUT2D eigenvalue weighted by atomic mass is 10.2. The molecule has 0 aliphatic heterocycles. The first-order valence-electron chi connectivity index (χ1n) is 12.1. The van der Waals surface area contributed by atoms with Crippen LogP contribution in [0.3, 0.4) is 0 Å². The van der Waals surface area contributed by atoms with Crippen molar-refractivity contribution in [3.63, 3.8) is 0 Å². The molecule has 0 heterocycles. The number of carbonyl (C=O) groups excluding carboxylic acids is 2. The fourth-order valence-electron chi connectivity index (χ4n) is 2.22. The van der Waals surface area contributed by atoms with E-state index in [-0.39, 0.29) is 11.9 Å². The highest BCUT2D eigenvalue weighted by Crippen LogP contribution is 2.00. The van der Waals surface area contributed by atoms with Gasteiger partial charge in [0.2, 0.25) is 0 Å². The Kier molecular flexibility index (Phi) is 38.3. The Morgan fingerprint density at radius 3 is 1.52 bits per heavy atom. The molecular formula is C24H49BrO6. The molecule has 6 nitrogen and oxygen atoms in total. The first kappa shape index (κ1) is 34.9. The minimum atomic E-state index is -0.0940. The average molecular weight is 514 g/mol. The summed E-state index contributed by atoms with van der Waals surface area (Å²) in [6.07, 6.45) is 11.8. The van der Waals surface area contributed by atoms with Crippen molar-refractivity contribution in [3.8, 4) is 0 Å². The zero-order valence-electron chi connectivity index (χ0n) is 20.6. The van der Waals surface area contributed by atoms with E-state index >= 15 is 0 Å². The van der Waals surface area contributed by atoms with Crippen molar-refractivity contribution in [1.29, 1.82) is 0 Å². The number of hydrogen-bond donors (Lipinski definition) is 1. The molecule has 188 valence electrons. The number of esters is 2. The zero-order valence-corrected chi connectivity index (χ0v) is 22.2. The molecule has 1 N–H and O–H groups in total. The average Bonchev–Trinajstić information content (AvgIpc) is 2.75. The Morgan fingerprint density at radius 2 is 1.13 bits per heavy atom. The first-order valence-corrected chi connectivity index (χ1v) is 13.2. The van der Waals surface area contributed by atoms with Gasteiger partial charge in [-0.3, -0.25) is 9.59 Å². The molecule has 0 aliphatic carbocycles. The van der Waals surface area contributed by atoms with Crippen LogP contribution in [0, 0.1) is 0 Å². The number of halogens is 1. The summed E-state index contributed by atoms with van der Waals surface area (Å²) in [5.74, 6) is -0.174. The topological polar surface area (TPSA) is 82.1 Å². The number of alkyl halides is 1. The summed E-state index contributed by atoms with van der Waals surface area (Å²) < 4.78 is 15.0. The highest BCUT2D eigenvalue weighted by molar-refractivity contribution is 9.09. The van der Waals surface area contributed by atoms with Gasteiger partial charge in [-0.25, -0.2) is 0 Å². The van der Waals surface area contributed by atoms with Crippen molar-refractivity contribution < 1.29 is 28.9 Å². The van der Waals surface area contributed by atoms with Crippen molar-refractivity contribution in [2.75, 3.05) is 38.4 Å². The van der Waals surface area contributed by atoms with Crippen LogP contribution in [0.1, 0.15) is 105 Å². The monoisotopic (exact) mass is 512 g/mol. The van der Waals surface area contributed by atoms with E-state index in [0.717, 1.165) is 63.5 Å². The van der Waals surface area contributed by atoms with Crippen LogP contribution in [0.5, 0.6) is 0 Å². The molecule has 0 amide bonds. The predicted octanol–water partition coefficient (Wildman–Crippen LogP) is 6.21. The van der Waals surface area contributed by atoms with Crippen molar-refractivity contribution >= 4 is 27.9 Å². The fourth-order valence-corrected chi connectivity index (χ4v) is 2.62. The summed E-state index contributed by atoms with van der Waals surface area (Å²) in [6, 6.07) is 0. The number of unbranched alkanes of at least 4 members (excludes halogenated alkanes) is 6. The van der Waals surface area contributed by atoms with Gasteiger partial charge in [-0.05, 0) is 52.4 Å². The largest absolute Gasteiger partial charge is 0.466 e. The number of carbonyl (C=O) groups is 2. The molecule has 0 bridgehead atoms. The second-order valence-corrected chi connectivity index (χ2v) is 7.76. The molecule has 0 rings (SSSR count). The molecule has 0 atom stereocenters. The molecule has 0 saturated carbocycles. The predicted molar refractivity (Wildman–Crippen MR) is 132 cm³/mol. The molecule has 0 aromatic rings. The summed E-state index contributed by atoms with van der Waals surface area (Å²) in [5.41, 5.74) is 0. The van der Waals surface area contributed by atoms with Gasteiger partial charge in [-0.1, -0.05) is 55.5 Å². The Labute approximate surface area is 199 Å². The van der Waals surface area contributed by atoms with Crippen LogP contribution < -0.4 is 0 Å². The smallest absolute Gasteiger partial charge is 0.305 e. The van der Waals surface area contributed by atoms with E-state index in [0.29, 0.717) is 32.7 Å². The summed E-state index contributed by atoms with van der Waals surface area (Å²) in [4.78, 5) is 21.6. The van der Waals surface area contributed by atoms with Gasteiger partial charge < -0.3 is 19.3 Å². The third-order valence-corrected chi connectivity index (χ3v) is 4.51. The number of aliphatic hydroxyl groups is 1. The summed E-state index contributed by atoms with van der Waals surface area (Å²) in [5, 5.41) is 9.16. The molecule has 0 radical (unpaired) electrons. The number of rotatable bonds is 18. The maximum atomic E-state index is 11.0. The summed E-state index contributed by atoms with van der Waals surface area (Å²) in [6.45, 7) is 10.9. The molecule has 0 spiro atoms. The minimum Gasteiger partial charge on any atom is -0.466 e. The van der Waals surface area contributed by atoms with E-state index in [1.807, 2.05) is 13.8 Å². The van der Waals surface area contributed by atoms with Crippen molar-refractivity contribution in [2.45, 2.75) is 105 Å². The Bertz CT molecular complexity index is 349. The molecule has 0 unspecified atom stereocenters. The van der Waals surface area contributed by atoms with E-state index in [1.165, 1.54) is 19.3 Å². The Hall–Kier alpha value is -0.660. The fraction of sp³-hybridized carbons (Fsp3) is 0.917. The van der Waals surface area contributed by atoms with Crippen LogP contribution in [0.2, 0.25) is 0 Å². The summed E-state index contributed by atoms with van der Waals surface area (Å²) in [7, 11) is 0. The molecule has 0 saturated heterocycles. The third kappa shape index (κ3) is 40.3. The van der Waals surface area contributed by atoms with Gasteiger partial charge in [0, 0.05) is 38.0 Å². The van der Waals surface area contributed by atoms with Gasteiger partial charge in [0.05, 0.1) is 13.2 Å². The molecule has 0 aromatic heterocycles. The number of hydrogen-bond acceptors (Lipinski definition) is 6. The van der Waals surface area contributed by atoms with Crippen LogP contribution in [0.25, 0.3) is 0 Å². The maximum absolute atomic E-state index is 11.0.